The third-order valence-corrected chi connectivity index (χ3v) is 5.83. The highest BCUT2D eigenvalue weighted by molar-refractivity contribution is 7.89. The first-order valence-electron chi connectivity index (χ1n) is 7.46. The van der Waals surface area contributed by atoms with Crippen LogP contribution in [0.2, 0.25) is 0 Å². The number of hydrogen-bond donors (Lipinski definition) is 1. The highest BCUT2D eigenvalue weighted by Gasteiger charge is 2.36. The predicted octanol–water partition coefficient (Wildman–Crippen LogP) is 1.79. The molecular weight excluding hydrogens is 358 g/mol. The summed E-state index contributed by atoms with van der Waals surface area (Å²) in [5.74, 6) is 0.250. The maximum Gasteiger partial charge on any atom is 0.293 e. The van der Waals surface area contributed by atoms with Gasteiger partial charge in [-0.3, -0.25) is 10.1 Å². The van der Waals surface area contributed by atoms with E-state index in [9.17, 15) is 18.5 Å². The van der Waals surface area contributed by atoms with Gasteiger partial charge in [0.2, 0.25) is 10.0 Å². The third-order valence-electron chi connectivity index (χ3n) is 3.84. The first-order valence-corrected chi connectivity index (χ1v) is 8.90. The highest BCUT2D eigenvalue weighted by atomic mass is 35.5. The van der Waals surface area contributed by atoms with Crippen molar-refractivity contribution < 1.29 is 18.1 Å². The maximum absolute atomic E-state index is 13.0. The number of nitrogens with one attached hydrogen (secondary N) is 1. The zero-order chi connectivity index (χ0) is 17.0. The van der Waals surface area contributed by atoms with E-state index in [4.69, 9.17) is 4.74 Å². The average Bonchev–Trinajstić information content (AvgIpc) is 3.05. The van der Waals surface area contributed by atoms with Gasteiger partial charge in [-0.1, -0.05) is 6.92 Å². The molecule has 10 heteroatoms. The first-order chi connectivity index (χ1) is 10.9. The number of ether oxygens (including phenoxy) is 1. The van der Waals surface area contributed by atoms with Crippen LogP contribution in [0, 0.1) is 10.1 Å². The molecule has 1 fully saturated rings. The van der Waals surface area contributed by atoms with Crippen LogP contribution in [0.5, 0.6) is 5.75 Å². The summed E-state index contributed by atoms with van der Waals surface area (Å²) in [7, 11) is -2.58. The zero-order valence-electron chi connectivity index (χ0n) is 13.6. The van der Waals surface area contributed by atoms with Crippen molar-refractivity contribution in [1.82, 2.24) is 9.62 Å². The van der Waals surface area contributed by atoms with Gasteiger partial charge in [-0.05, 0) is 31.5 Å². The van der Waals surface area contributed by atoms with Crippen molar-refractivity contribution in [2.45, 2.75) is 30.7 Å². The summed E-state index contributed by atoms with van der Waals surface area (Å²) in [5, 5.41) is 14.4. The van der Waals surface area contributed by atoms with Crippen molar-refractivity contribution >= 4 is 28.1 Å². The largest absolute Gasteiger partial charge is 0.497 e. The molecule has 2 rings (SSSR count). The minimum absolute atomic E-state index is 0. The Bertz CT molecular complexity index is 677. The number of rotatable bonds is 7. The summed E-state index contributed by atoms with van der Waals surface area (Å²) in [6, 6.07) is 3.64. The Kier molecular flexibility index (Phi) is 7.40. The number of nitrogens with zero attached hydrogens (tertiary/aromatic N) is 2. The summed E-state index contributed by atoms with van der Waals surface area (Å²) in [6.07, 6.45) is 1.34. The molecule has 1 saturated heterocycles. The van der Waals surface area contributed by atoms with Gasteiger partial charge in [0.1, 0.15) is 5.75 Å². The molecule has 1 aromatic carbocycles. The summed E-state index contributed by atoms with van der Waals surface area (Å²) < 4.78 is 32.3. The van der Waals surface area contributed by atoms with Gasteiger partial charge in [0.15, 0.2) is 4.90 Å². The number of methoxy groups -OCH3 is 1. The molecule has 1 aliphatic rings. The minimum Gasteiger partial charge on any atom is -0.497 e. The second-order valence-corrected chi connectivity index (χ2v) is 7.21. The standard InChI is InChI=1S/C14H21N3O5S.ClH/c1-3-8-16(11-6-7-15-10-11)23(20,21)14-5-4-12(22-2)9-13(14)17(18)19;/h4-5,9,11,15H,3,6-8,10H2,1-2H3;1H. The molecule has 1 aliphatic heterocycles. The lowest BCUT2D eigenvalue weighted by atomic mass is 10.2. The topological polar surface area (TPSA) is 102 Å². The molecule has 24 heavy (non-hydrogen) atoms. The summed E-state index contributed by atoms with van der Waals surface area (Å²) in [5.41, 5.74) is -0.462. The minimum atomic E-state index is -3.95. The van der Waals surface area contributed by atoms with Gasteiger partial charge in [0.05, 0.1) is 18.1 Å². The van der Waals surface area contributed by atoms with E-state index in [0.717, 1.165) is 12.6 Å². The van der Waals surface area contributed by atoms with E-state index in [0.29, 0.717) is 25.9 Å². The fourth-order valence-electron chi connectivity index (χ4n) is 2.72. The van der Waals surface area contributed by atoms with E-state index in [2.05, 4.69) is 5.32 Å². The Morgan fingerprint density at radius 2 is 2.17 bits per heavy atom. The van der Waals surface area contributed by atoms with Crippen LogP contribution < -0.4 is 10.1 Å². The van der Waals surface area contributed by atoms with Crippen molar-refractivity contribution in [3.63, 3.8) is 0 Å². The molecule has 0 aromatic heterocycles. The molecule has 1 N–H and O–H groups in total. The van der Waals surface area contributed by atoms with Crippen molar-refractivity contribution in [2.75, 3.05) is 26.7 Å². The lowest BCUT2D eigenvalue weighted by Crippen LogP contribution is -2.42. The van der Waals surface area contributed by atoms with Crippen LogP contribution in [-0.4, -0.2) is 50.4 Å². The monoisotopic (exact) mass is 379 g/mol. The fraction of sp³-hybridized carbons (Fsp3) is 0.571. The van der Waals surface area contributed by atoms with Crippen LogP contribution in [0.3, 0.4) is 0 Å². The van der Waals surface area contributed by atoms with Crippen molar-refractivity contribution in [1.29, 1.82) is 0 Å². The van der Waals surface area contributed by atoms with E-state index < -0.39 is 20.6 Å². The molecule has 0 spiro atoms. The second kappa shape index (κ2) is 8.61. The van der Waals surface area contributed by atoms with Crippen molar-refractivity contribution in [3.8, 4) is 5.75 Å². The molecule has 0 amide bonds. The molecule has 8 nitrogen and oxygen atoms in total. The molecule has 0 bridgehead atoms. The Balaban J connectivity index is 0.00000288. The summed E-state index contributed by atoms with van der Waals surface area (Å²) in [4.78, 5) is 10.3. The molecule has 1 unspecified atom stereocenters. The molecule has 136 valence electrons. The van der Waals surface area contributed by atoms with Gasteiger partial charge in [-0.15, -0.1) is 12.4 Å². The molecular formula is C14H22ClN3O5S. The van der Waals surface area contributed by atoms with E-state index >= 15 is 0 Å². The SMILES string of the molecule is CCCN(C1CCNC1)S(=O)(=O)c1ccc(OC)cc1[N+](=O)[O-].Cl. The van der Waals surface area contributed by atoms with Crippen LogP contribution >= 0.6 is 12.4 Å². The molecule has 0 radical (unpaired) electrons. The quantitative estimate of drug-likeness (QED) is 0.572. The van der Waals surface area contributed by atoms with Gasteiger partial charge < -0.3 is 10.1 Å². The highest BCUT2D eigenvalue weighted by Crippen LogP contribution is 2.32. The Morgan fingerprint density at radius 1 is 1.46 bits per heavy atom. The van der Waals surface area contributed by atoms with Crippen LogP contribution in [-0.2, 0) is 10.0 Å². The summed E-state index contributed by atoms with van der Waals surface area (Å²) in [6.45, 7) is 3.51. The third kappa shape index (κ3) is 4.15. The molecule has 1 atom stereocenters. The predicted molar refractivity (Wildman–Crippen MR) is 92.4 cm³/mol. The van der Waals surface area contributed by atoms with Gasteiger partial charge >= 0.3 is 0 Å². The lowest BCUT2D eigenvalue weighted by molar-refractivity contribution is -0.387. The molecule has 1 aromatic rings. The van der Waals surface area contributed by atoms with Crippen LogP contribution in [0.1, 0.15) is 19.8 Å². The van der Waals surface area contributed by atoms with Crippen molar-refractivity contribution in [3.05, 3.63) is 28.3 Å². The maximum atomic E-state index is 13.0. The molecule has 0 aliphatic carbocycles. The van der Waals surface area contributed by atoms with E-state index in [1.54, 1.807) is 0 Å². The number of hydrogen-bond acceptors (Lipinski definition) is 6. The number of nitro groups is 1. The Hall–Kier alpha value is -1.42. The zero-order valence-corrected chi connectivity index (χ0v) is 15.2. The number of halogens is 1. The van der Waals surface area contributed by atoms with Crippen LogP contribution in [0.4, 0.5) is 5.69 Å². The molecule has 0 saturated carbocycles. The Labute approximate surface area is 147 Å². The number of benzene rings is 1. The number of sulfonamides is 1. The van der Waals surface area contributed by atoms with Gasteiger partial charge in [0.25, 0.3) is 5.69 Å². The smallest absolute Gasteiger partial charge is 0.293 e. The Morgan fingerprint density at radius 3 is 2.67 bits per heavy atom. The number of nitro benzene ring substituents is 1. The van der Waals surface area contributed by atoms with Gasteiger partial charge in [-0.2, -0.15) is 4.31 Å². The van der Waals surface area contributed by atoms with Gasteiger partial charge in [0, 0.05) is 19.1 Å². The van der Waals surface area contributed by atoms with Crippen LogP contribution in [0.25, 0.3) is 0 Å². The average molecular weight is 380 g/mol. The lowest BCUT2D eigenvalue weighted by Gasteiger charge is -2.27. The first kappa shape index (κ1) is 20.6. The molecule has 1 heterocycles. The summed E-state index contributed by atoms with van der Waals surface area (Å²) >= 11 is 0. The van der Waals surface area contributed by atoms with E-state index in [1.165, 1.54) is 23.5 Å². The van der Waals surface area contributed by atoms with E-state index in [1.807, 2.05) is 6.92 Å². The van der Waals surface area contributed by atoms with E-state index in [-0.39, 0.29) is 29.1 Å². The second-order valence-electron chi connectivity index (χ2n) is 5.35. The normalized spacial score (nSPS) is 17.5. The van der Waals surface area contributed by atoms with Crippen LogP contribution in [0.15, 0.2) is 23.1 Å². The van der Waals surface area contributed by atoms with Crippen molar-refractivity contribution in [2.24, 2.45) is 0 Å². The van der Waals surface area contributed by atoms with Gasteiger partial charge in [-0.25, -0.2) is 8.42 Å². The fourth-order valence-corrected chi connectivity index (χ4v) is 4.60.